The molecule has 2 heterocycles. The van der Waals surface area contributed by atoms with Crippen LogP contribution in [0.1, 0.15) is 39.3 Å². The Morgan fingerprint density at radius 1 is 1.24 bits per heavy atom. The first kappa shape index (κ1) is 21.5. The molecule has 1 fully saturated rings. The fourth-order valence-corrected chi connectivity index (χ4v) is 3.92. The van der Waals surface area contributed by atoms with E-state index in [0.29, 0.717) is 13.1 Å². The number of anilines is 2. The van der Waals surface area contributed by atoms with Gasteiger partial charge in [0, 0.05) is 26.7 Å². The van der Waals surface area contributed by atoms with Gasteiger partial charge in [0.25, 0.3) is 0 Å². The summed E-state index contributed by atoms with van der Waals surface area (Å²) in [4.78, 5) is 17.9. The van der Waals surface area contributed by atoms with E-state index in [1.807, 2.05) is 19.2 Å². The van der Waals surface area contributed by atoms with Crippen LogP contribution in [-0.2, 0) is 4.79 Å². The minimum Gasteiger partial charge on any atom is -0.382 e. The lowest BCUT2D eigenvalue weighted by Gasteiger charge is -2.21. The van der Waals surface area contributed by atoms with E-state index in [1.54, 1.807) is 0 Å². The van der Waals surface area contributed by atoms with Crippen molar-refractivity contribution in [2.75, 3.05) is 37.3 Å². The molecule has 29 heavy (non-hydrogen) atoms. The van der Waals surface area contributed by atoms with Crippen molar-refractivity contribution in [1.82, 2.24) is 9.88 Å². The standard InChI is InChI=1S/C21H29F3N4O/c1-20(2,3)12-26-17-6-5-16(27-19(17)25-4)13-7-14-10-28(11-15(14)8-13)18(29)9-21(22,23)24/h5-7,14-15,26H,8-12H2,1-4H3,(H,25,27). The summed E-state index contributed by atoms with van der Waals surface area (Å²) in [6.07, 6.45) is -3.02. The molecule has 160 valence electrons. The Morgan fingerprint density at radius 3 is 2.55 bits per heavy atom. The zero-order chi connectivity index (χ0) is 21.4. The van der Waals surface area contributed by atoms with Crippen molar-refractivity contribution >= 4 is 23.0 Å². The summed E-state index contributed by atoms with van der Waals surface area (Å²) in [6.45, 7) is 8.03. The van der Waals surface area contributed by atoms with Gasteiger partial charge in [-0.05, 0) is 41.4 Å². The van der Waals surface area contributed by atoms with Crippen LogP contribution in [0, 0.1) is 17.3 Å². The van der Waals surface area contributed by atoms with Gasteiger partial charge >= 0.3 is 6.18 Å². The summed E-state index contributed by atoms with van der Waals surface area (Å²) >= 11 is 0. The molecule has 8 heteroatoms. The zero-order valence-electron chi connectivity index (χ0n) is 17.4. The van der Waals surface area contributed by atoms with Crippen molar-refractivity contribution in [3.8, 4) is 0 Å². The van der Waals surface area contributed by atoms with Gasteiger partial charge in [0.15, 0.2) is 0 Å². The Hall–Kier alpha value is -2.25. The van der Waals surface area contributed by atoms with Gasteiger partial charge in [0.05, 0.1) is 11.4 Å². The second-order valence-electron chi connectivity index (χ2n) is 9.17. The molecule has 0 aromatic carbocycles. The van der Waals surface area contributed by atoms with Crippen molar-refractivity contribution in [3.63, 3.8) is 0 Å². The predicted octanol–water partition coefficient (Wildman–Crippen LogP) is 4.40. The molecule has 5 nitrogen and oxygen atoms in total. The molecule has 1 aliphatic carbocycles. The van der Waals surface area contributed by atoms with Gasteiger partial charge in [-0.15, -0.1) is 0 Å². The Balaban J connectivity index is 1.67. The number of allylic oxidation sites excluding steroid dienone is 1. The molecule has 2 N–H and O–H groups in total. The Morgan fingerprint density at radius 2 is 1.97 bits per heavy atom. The van der Waals surface area contributed by atoms with Gasteiger partial charge < -0.3 is 15.5 Å². The number of carbonyl (C=O) groups is 1. The molecule has 1 amide bonds. The summed E-state index contributed by atoms with van der Waals surface area (Å²) in [5, 5.41) is 6.55. The fourth-order valence-electron chi connectivity index (χ4n) is 3.92. The Bertz CT molecular complexity index is 798. The lowest BCUT2D eigenvalue weighted by Crippen LogP contribution is -2.32. The van der Waals surface area contributed by atoms with Crippen molar-refractivity contribution < 1.29 is 18.0 Å². The minimum atomic E-state index is -4.45. The molecule has 2 atom stereocenters. The number of pyridine rings is 1. The lowest BCUT2D eigenvalue weighted by atomic mass is 9.97. The number of nitrogens with one attached hydrogen (secondary N) is 2. The summed E-state index contributed by atoms with van der Waals surface area (Å²) in [6, 6.07) is 3.99. The first-order valence-electron chi connectivity index (χ1n) is 9.93. The Kier molecular flexibility index (Phi) is 5.83. The third-order valence-corrected chi connectivity index (χ3v) is 5.36. The number of alkyl halides is 3. The molecule has 0 bridgehead atoms. The van der Waals surface area contributed by atoms with Crippen LogP contribution >= 0.6 is 0 Å². The van der Waals surface area contributed by atoms with E-state index in [0.717, 1.165) is 35.7 Å². The normalized spacial score (nSPS) is 21.8. The van der Waals surface area contributed by atoms with E-state index in [9.17, 15) is 18.0 Å². The van der Waals surface area contributed by atoms with Crippen molar-refractivity contribution in [2.24, 2.45) is 17.3 Å². The SMILES string of the molecule is CNc1nc(C2=CC3CN(C(=O)CC(F)(F)F)CC3C2)ccc1NCC(C)(C)C. The summed E-state index contributed by atoms with van der Waals surface area (Å²) in [7, 11) is 1.83. The van der Waals surface area contributed by atoms with Gasteiger partial charge in [0.1, 0.15) is 12.2 Å². The smallest absolute Gasteiger partial charge is 0.382 e. The van der Waals surface area contributed by atoms with Gasteiger partial charge in [-0.25, -0.2) is 4.98 Å². The topological polar surface area (TPSA) is 57.3 Å². The van der Waals surface area contributed by atoms with Crippen LogP contribution in [0.15, 0.2) is 18.2 Å². The van der Waals surface area contributed by atoms with Crippen LogP contribution in [0.5, 0.6) is 0 Å². The maximum absolute atomic E-state index is 12.5. The minimum absolute atomic E-state index is 0.0979. The average Bonchev–Trinajstić information content (AvgIpc) is 3.16. The maximum atomic E-state index is 12.5. The van der Waals surface area contributed by atoms with Crippen LogP contribution in [0.4, 0.5) is 24.7 Å². The highest BCUT2D eigenvalue weighted by Crippen LogP contribution is 2.41. The molecule has 1 saturated heterocycles. The van der Waals surface area contributed by atoms with E-state index in [1.165, 1.54) is 4.90 Å². The number of hydrogen-bond acceptors (Lipinski definition) is 4. The van der Waals surface area contributed by atoms with Crippen LogP contribution in [0.3, 0.4) is 0 Å². The number of likely N-dealkylation sites (tertiary alicyclic amines) is 1. The molecule has 0 radical (unpaired) electrons. The van der Waals surface area contributed by atoms with Crippen molar-refractivity contribution in [3.05, 3.63) is 23.9 Å². The average molecular weight is 410 g/mol. The van der Waals surface area contributed by atoms with Gasteiger partial charge in [-0.2, -0.15) is 13.2 Å². The van der Waals surface area contributed by atoms with E-state index >= 15 is 0 Å². The largest absolute Gasteiger partial charge is 0.397 e. The highest BCUT2D eigenvalue weighted by molar-refractivity contribution is 5.78. The molecule has 1 aromatic heterocycles. The molecule has 1 aliphatic heterocycles. The quantitative estimate of drug-likeness (QED) is 0.756. The number of fused-ring (bicyclic) bond motifs is 1. The summed E-state index contributed by atoms with van der Waals surface area (Å²) in [5.74, 6) is 0.208. The van der Waals surface area contributed by atoms with Crippen LogP contribution < -0.4 is 10.6 Å². The molecular weight excluding hydrogens is 381 g/mol. The number of halogens is 3. The molecule has 0 spiro atoms. The Labute approximate surface area is 169 Å². The number of carbonyl (C=O) groups excluding carboxylic acids is 1. The summed E-state index contributed by atoms with van der Waals surface area (Å²) < 4.78 is 37.4. The zero-order valence-corrected chi connectivity index (χ0v) is 17.4. The monoisotopic (exact) mass is 410 g/mol. The first-order chi connectivity index (χ1) is 13.4. The third kappa shape index (κ3) is 5.42. The highest BCUT2D eigenvalue weighted by atomic mass is 19.4. The molecule has 0 saturated carbocycles. The molecule has 3 rings (SSSR count). The second-order valence-corrected chi connectivity index (χ2v) is 9.17. The van der Waals surface area contributed by atoms with Gasteiger partial charge in [-0.3, -0.25) is 4.79 Å². The van der Waals surface area contributed by atoms with Gasteiger partial charge in [-0.1, -0.05) is 26.8 Å². The van der Waals surface area contributed by atoms with Crippen molar-refractivity contribution in [1.29, 1.82) is 0 Å². The highest BCUT2D eigenvalue weighted by Gasteiger charge is 2.41. The number of rotatable bonds is 5. The summed E-state index contributed by atoms with van der Waals surface area (Å²) in [5.41, 5.74) is 3.05. The number of amides is 1. The molecule has 2 unspecified atom stereocenters. The van der Waals surface area contributed by atoms with Gasteiger partial charge in [0.2, 0.25) is 5.91 Å². The predicted molar refractivity (Wildman–Crippen MR) is 109 cm³/mol. The fraction of sp³-hybridized carbons (Fsp3) is 0.619. The van der Waals surface area contributed by atoms with E-state index in [4.69, 9.17) is 4.98 Å². The third-order valence-electron chi connectivity index (χ3n) is 5.36. The maximum Gasteiger partial charge on any atom is 0.397 e. The lowest BCUT2D eigenvalue weighted by molar-refractivity contribution is -0.160. The molecular formula is C21H29F3N4O. The number of nitrogens with zero attached hydrogens (tertiary/aromatic N) is 2. The first-order valence-corrected chi connectivity index (χ1v) is 9.93. The van der Waals surface area contributed by atoms with Crippen LogP contribution in [0.2, 0.25) is 0 Å². The number of aromatic nitrogens is 1. The van der Waals surface area contributed by atoms with Crippen molar-refractivity contribution in [2.45, 2.75) is 39.8 Å². The molecule has 1 aromatic rings. The second kappa shape index (κ2) is 7.88. The van der Waals surface area contributed by atoms with E-state index < -0.39 is 18.5 Å². The van der Waals surface area contributed by atoms with Crippen LogP contribution in [0.25, 0.3) is 5.57 Å². The van der Waals surface area contributed by atoms with E-state index in [-0.39, 0.29) is 17.3 Å². The van der Waals surface area contributed by atoms with Crippen LogP contribution in [-0.4, -0.2) is 48.6 Å². The molecule has 2 aliphatic rings. The van der Waals surface area contributed by atoms with E-state index in [2.05, 4.69) is 37.5 Å². The number of hydrogen-bond donors (Lipinski definition) is 2.